The van der Waals surface area contributed by atoms with E-state index in [2.05, 4.69) is 97.3 Å². The number of halogens is 4. The molecule has 0 N–H and O–H groups in total. The third kappa shape index (κ3) is 8.73. The molecule has 0 unspecified atom stereocenters. The molecule has 0 aromatic heterocycles. The largest absolute Gasteiger partial charge is 0.462 e. The average Bonchev–Trinajstić information content (AvgIpc) is 2.70. The van der Waals surface area contributed by atoms with Gasteiger partial charge in [0.2, 0.25) is 0 Å². The fourth-order valence-electron chi connectivity index (χ4n) is 2.86. The van der Waals surface area contributed by atoms with Crippen molar-refractivity contribution in [3.05, 3.63) is 54.5 Å². The van der Waals surface area contributed by atoms with Crippen molar-refractivity contribution >= 4 is 77.0 Å². The van der Waals surface area contributed by atoms with Gasteiger partial charge in [-0.15, -0.1) is 0 Å². The summed E-state index contributed by atoms with van der Waals surface area (Å²) in [7, 11) is 6.19. The Labute approximate surface area is 228 Å². The third-order valence-corrected chi connectivity index (χ3v) is 9.77. The molecule has 0 aliphatic heterocycles. The van der Waals surface area contributed by atoms with E-state index in [1.165, 1.54) is 0 Å². The van der Waals surface area contributed by atoms with Crippen LogP contribution in [-0.2, 0) is 9.47 Å². The first-order chi connectivity index (χ1) is 14.6. The second-order valence-electron chi connectivity index (χ2n) is 8.72. The monoisotopic (exact) mass is 694 g/mol. The normalized spacial score (nSPS) is 12.0. The zero-order valence-corrected chi connectivity index (χ0v) is 25.8. The van der Waals surface area contributed by atoms with E-state index in [0.29, 0.717) is 45.6 Å². The Hall–Kier alpha value is 0.145. The highest BCUT2D eigenvalue weighted by atomic mass is 79.9. The van der Waals surface area contributed by atoms with E-state index in [1.807, 2.05) is 20.8 Å². The van der Waals surface area contributed by atoms with Gasteiger partial charge in [-0.1, -0.05) is 41.2 Å². The van der Waals surface area contributed by atoms with Crippen molar-refractivity contribution in [1.82, 2.24) is 0 Å². The Morgan fingerprint density at radius 1 is 0.875 bits per heavy atom. The number of hydrogen-bond acceptors (Lipinski definition) is 3. The molecule has 0 atom stereocenters. The second-order valence-corrected chi connectivity index (χ2v) is 11.9. The highest BCUT2D eigenvalue weighted by Crippen LogP contribution is 2.41. The van der Waals surface area contributed by atoms with Crippen LogP contribution in [0.25, 0.3) is 0 Å². The molecule has 2 radical (unpaired) electrons. The first kappa shape index (κ1) is 30.2. The number of hydrogen-bond donors (Lipinski definition) is 0. The van der Waals surface area contributed by atoms with Crippen LogP contribution < -0.4 is 10.2 Å². The van der Waals surface area contributed by atoms with Crippen molar-refractivity contribution in [1.29, 1.82) is 0 Å². The molecule has 1 aromatic rings. The number of benzene rings is 1. The van der Waals surface area contributed by atoms with Crippen LogP contribution in [0.1, 0.15) is 53.9 Å². The van der Waals surface area contributed by atoms with Crippen LogP contribution in [0.15, 0.2) is 54.5 Å². The van der Waals surface area contributed by atoms with Crippen molar-refractivity contribution in [2.45, 2.75) is 65.1 Å². The lowest BCUT2D eigenvalue weighted by Gasteiger charge is -2.30. The molecule has 32 heavy (non-hydrogen) atoms. The summed E-state index contributed by atoms with van der Waals surface area (Å²) in [6.07, 6.45) is 2.28. The molecule has 0 saturated carbocycles. The molecule has 3 nitrogen and oxygen atoms in total. The molecular weight excluding hydrogens is 667 g/mol. The van der Waals surface area contributed by atoms with Crippen LogP contribution in [0.5, 0.6) is 5.75 Å². The molecule has 0 fully saturated rings. The van der Waals surface area contributed by atoms with Gasteiger partial charge in [-0.05, 0) is 106 Å². The minimum atomic E-state index is -0.418. The quantitative estimate of drug-likeness (QED) is 0.0519. The lowest BCUT2D eigenvalue weighted by molar-refractivity contribution is -0.0394. The van der Waals surface area contributed by atoms with Gasteiger partial charge in [0.1, 0.15) is 13.6 Å². The summed E-state index contributed by atoms with van der Waals surface area (Å²) in [4.78, 5) is 0. The Morgan fingerprint density at radius 2 is 1.44 bits per heavy atom. The smallest absolute Gasteiger partial charge is 0.136 e. The van der Waals surface area contributed by atoms with E-state index >= 15 is 0 Å². The van der Waals surface area contributed by atoms with Crippen LogP contribution in [0.2, 0.25) is 0 Å². The maximum absolute atomic E-state index is 6.19. The van der Waals surface area contributed by atoms with E-state index in [4.69, 9.17) is 22.1 Å². The number of ether oxygens (including phenoxy) is 3. The Kier molecular flexibility index (Phi) is 12.0. The van der Waals surface area contributed by atoms with Crippen LogP contribution in [0, 0.1) is 0 Å². The van der Waals surface area contributed by atoms with Gasteiger partial charge in [0, 0.05) is 22.0 Å². The minimum absolute atomic E-state index is 0.289. The van der Waals surface area contributed by atoms with Gasteiger partial charge >= 0.3 is 0 Å². The zero-order valence-electron chi connectivity index (χ0n) is 19.5. The highest BCUT2D eigenvalue weighted by molar-refractivity contribution is 9.15. The molecule has 1 aromatic carbocycles. The maximum atomic E-state index is 6.19. The fraction of sp³-hybridized carbons (Fsp3) is 0.500. The first-order valence-corrected chi connectivity index (χ1v) is 13.4. The molecule has 0 aliphatic rings. The van der Waals surface area contributed by atoms with E-state index < -0.39 is 5.60 Å². The van der Waals surface area contributed by atoms with Gasteiger partial charge in [0.25, 0.3) is 0 Å². The molecule has 0 bridgehead atoms. The third-order valence-electron chi connectivity index (χ3n) is 5.01. The van der Waals surface area contributed by atoms with E-state index in [-0.39, 0.29) is 5.60 Å². The van der Waals surface area contributed by atoms with Crippen LogP contribution in [0.4, 0.5) is 0 Å². The SMILES string of the molecule is [B]c1c(Br)c(Br)c(Br)c(Br)c1OC(=C)CCOC(C)(C)CCCOC(C)(C)C(=C)C(=C)C. The van der Waals surface area contributed by atoms with Crippen molar-refractivity contribution < 1.29 is 14.2 Å². The van der Waals surface area contributed by atoms with Crippen molar-refractivity contribution in [2.75, 3.05) is 13.2 Å². The highest BCUT2D eigenvalue weighted by Gasteiger charge is 2.24. The molecule has 0 heterocycles. The Balaban J connectivity index is 2.50. The molecule has 0 saturated heterocycles. The van der Waals surface area contributed by atoms with Crippen molar-refractivity contribution in [3.8, 4) is 5.75 Å². The topological polar surface area (TPSA) is 27.7 Å². The summed E-state index contributed by atoms with van der Waals surface area (Å²) >= 11 is 14.0. The molecular formula is C24H31BBr4O3. The van der Waals surface area contributed by atoms with Gasteiger partial charge in [-0.2, -0.15) is 0 Å². The summed E-state index contributed by atoms with van der Waals surface area (Å²) in [5, 5.41) is 0. The first-order valence-electron chi connectivity index (χ1n) is 10.2. The lowest BCUT2D eigenvalue weighted by atomic mass is 9.94. The molecule has 8 heteroatoms. The van der Waals surface area contributed by atoms with E-state index in [9.17, 15) is 0 Å². The van der Waals surface area contributed by atoms with E-state index in [1.54, 1.807) is 0 Å². The van der Waals surface area contributed by atoms with Crippen molar-refractivity contribution in [3.63, 3.8) is 0 Å². The van der Waals surface area contributed by atoms with Crippen LogP contribution in [0.3, 0.4) is 0 Å². The van der Waals surface area contributed by atoms with Gasteiger partial charge in [-0.3, -0.25) is 0 Å². The lowest BCUT2D eigenvalue weighted by Crippen LogP contribution is -2.29. The van der Waals surface area contributed by atoms with Gasteiger partial charge in [-0.25, -0.2) is 0 Å². The standard InChI is InChI=1S/C24H31BBr4O3/c1-14(2)16(4)24(7,8)31-12-9-11-23(5,6)30-13-10-15(3)32-22-17(25)18(26)19(27)20(28)21(22)29/h1,3-4,9-13H2,2,5-8H3. The van der Waals surface area contributed by atoms with Gasteiger partial charge in [0.05, 0.1) is 32.5 Å². The van der Waals surface area contributed by atoms with Gasteiger partial charge in [0.15, 0.2) is 0 Å². The molecule has 1 rings (SSSR count). The summed E-state index contributed by atoms with van der Waals surface area (Å²) in [5.41, 5.74) is 1.63. The molecule has 0 spiro atoms. The van der Waals surface area contributed by atoms with E-state index in [0.717, 1.165) is 32.9 Å². The average molecular weight is 698 g/mol. The minimum Gasteiger partial charge on any atom is -0.462 e. The molecule has 176 valence electrons. The van der Waals surface area contributed by atoms with Crippen molar-refractivity contribution in [2.24, 2.45) is 0 Å². The molecule has 0 aliphatic carbocycles. The summed E-state index contributed by atoms with van der Waals surface area (Å²) in [6.45, 7) is 23.3. The van der Waals surface area contributed by atoms with Crippen LogP contribution >= 0.6 is 63.7 Å². The summed E-state index contributed by atoms with van der Waals surface area (Å²) in [5.74, 6) is 1.07. The molecule has 0 amide bonds. The zero-order chi connectivity index (χ0) is 24.9. The Bertz CT molecular complexity index is 849. The van der Waals surface area contributed by atoms with Crippen LogP contribution in [-0.4, -0.2) is 32.3 Å². The fourth-order valence-corrected chi connectivity index (χ4v) is 5.06. The maximum Gasteiger partial charge on any atom is 0.136 e. The Morgan fingerprint density at radius 3 is 2.00 bits per heavy atom. The predicted molar refractivity (Wildman–Crippen MR) is 150 cm³/mol. The second kappa shape index (κ2) is 12.7. The van der Waals surface area contributed by atoms with Gasteiger partial charge < -0.3 is 14.2 Å². The predicted octanol–water partition coefficient (Wildman–Crippen LogP) is 8.32. The number of rotatable bonds is 13. The summed E-state index contributed by atoms with van der Waals surface area (Å²) in [6, 6.07) is 0. The summed E-state index contributed by atoms with van der Waals surface area (Å²) < 4.78 is 21.1.